The lowest BCUT2D eigenvalue weighted by Gasteiger charge is -2.16. The molecule has 0 radical (unpaired) electrons. The van der Waals surface area contributed by atoms with Crippen LogP contribution in [0, 0.1) is 6.92 Å². The molecule has 0 bridgehead atoms. The second-order valence-electron chi connectivity index (χ2n) is 5.19. The van der Waals surface area contributed by atoms with Gasteiger partial charge in [-0.1, -0.05) is 36.4 Å². The number of anilines is 1. The van der Waals surface area contributed by atoms with Crippen molar-refractivity contribution in [2.45, 2.75) is 31.2 Å². The van der Waals surface area contributed by atoms with E-state index in [4.69, 9.17) is 5.73 Å². The first-order chi connectivity index (χ1) is 9.90. The van der Waals surface area contributed by atoms with Crippen LogP contribution in [0.25, 0.3) is 0 Å². The lowest BCUT2D eigenvalue weighted by molar-refractivity contribution is 0.560. The van der Waals surface area contributed by atoms with Crippen LogP contribution in [0.15, 0.2) is 53.4 Å². The van der Waals surface area contributed by atoms with Crippen molar-refractivity contribution in [3.8, 4) is 0 Å². The summed E-state index contributed by atoms with van der Waals surface area (Å²) < 4.78 is 27.4. The van der Waals surface area contributed by atoms with Gasteiger partial charge >= 0.3 is 0 Å². The van der Waals surface area contributed by atoms with Gasteiger partial charge < -0.3 is 5.73 Å². The molecular formula is C16H20N2O2S. The van der Waals surface area contributed by atoms with E-state index in [1.165, 1.54) is 6.07 Å². The molecule has 2 aromatic rings. The highest BCUT2D eigenvalue weighted by molar-refractivity contribution is 7.89. The zero-order valence-corrected chi connectivity index (χ0v) is 13.0. The molecule has 2 rings (SSSR count). The standard InChI is InChI=1S/C16H20N2O2S/c1-12-7-3-4-8-14(12)11-13(2)18-21(19,20)16-10-6-5-9-15(16)17/h3-10,13,18H,11,17H2,1-2H3. The molecule has 3 N–H and O–H groups in total. The van der Waals surface area contributed by atoms with Crippen LogP contribution in [0.2, 0.25) is 0 Å². The van der Waals surface area contributed by atoms with Crippen molar-refractivity contribution in [1.29, 1.82) is 0 Å². The largest absolute Gasteiger partial charge is 0.398 e. The maximum absolute atomic E-state index is 12.3. The number of hydrogen-bond donors (Lipinski definition) is 2. The summed E-state index contributed by atoms with van der Waals surface area (Å²) in [7, 11) is -3.60. The van der Waals surface area contributed by atoms with Gasteiger partial charge in [0.2, 0.25) is 10.0 Å². The summed E-state index contributed by atoms with van der Waals surface area (Å²) in [4.78, 5) is 0.127. The summed E-state index contributed by atoms with van der Waals surface area (Å²) in [6.07, 6.45) is 0.638. The average molecular weight is 304 g/mol. The third-order valence-corrected chi connectivity index (χ3v) is 5.02. The number of sulfonamides is 1. The first-order valence-electron chi connectivity index (χ1n) is 6.81. The Morgan fingerprint density at radius 1 is 1.10 bits per heavy atom. The van der Waals surface area contributed by atoms with Crippen molar-refractivity contribution < 1.29 is 8.42 Å². The molecule has 0 spiro atoms. The Morgan fingerprint density at radius 3 is 2.38 bits per heavy atom. The van der Waals surface area contributed by atoms with Crippen LogP contribution in [0.4, 0.5) is 5.69 Å². The van der Waals surface area contributed by atoms with Gasteiger partial charge in [-0.05, 0) is 43.5 Å². The molecule has 4 nitrogen and oxygen atoms in total. The van der Waals surface area contributed by atoms with E-state index >= 15 is 0 Å². The Hall–Kier alpha value is -1.85. The van der Waals surface area contributed by atoms with Gasteiger partial charge in [0, 0.05) is 6.04 Å². The molecule has 0 aromatic heterocycles. The predicted molar refractivity (Wildman–Crippen MR) is 85.5 cm³/mol. The summed E-state index contributed by atoms with van der Waals surface area (Å²) in [5, 5.41) is 0. The zero-order chi connectivity index (χ0) is 15.5. The molecule has 1 atom stereocenters. The van der Waals surface area contributed by atoms with Crippen LogP contribution in [0.1, 0.15) is 18.1 Å². The molecule has 0 amide bonds. The summed E-state index contributed by atoms with van der Waals surface area (Å²) in [6, 6.07) is 14.2. The molecule has 112 valence electrons. The van der Waals surface area contributed by atoms with Gasteiger partial charge in [0.15, 0.2) is 0 Å². The van der Waals surface area contributed by atoms with E-state index < -0.39 is 10.0 Å². The highest BCUT2D eigenvalue weighted by Crippen LogP contribution is 2.18. The molecule has 21 heavy (non-hydrogen) atoms. The minimum absolute atomic E-state index is 0.127. The fourth-order valence-electron chi connectivity index (χ4n) is 2.26. The molecule has 0 saturated heterocycles. The van der Waals surface area contributed by atoms with E-state index in [9.17, 15) is 8.42 Å². The van der Waals surface area contributed by atoms with E-state index in [2.05, 4.69) is 4.72 Å². The van der Waals surface area contributed by atoms with Crippen LogP contribution >= 0.6 is 0 Å². The number of nitrogen functional groups attached to an aromatic ring is 1. The first-order valence-corrected chi connectivity index (χ1v) is 8.30. The molecular weight excluding hydrogens is 284 g/mol. The van der Waals surface area contributed by atoms with Gasteiger partial charge in [0.1, 0.15) is 4.90 Å². The minimum Gasteiger partial charge on any atom is -0.398 e. The van der Waals surface area contributed by atoms with E-state index in [0.29, 0.717) is 6.42 Å². The Bertz CT molecular complexity index is 727. The number of nitrogens with one attached hydrogen (secondary N) is 1. The first kappa shape index (κ1) is 15.5. The quantitative estimate of drug-likeness (QED) is 0.834. The zero-order valence-electron chi connectivity index (χ0n) is 12.2. The molecule has 1 unspecified atom stereocenters. The predicted octanol–water partition coefficient (Wildman–Crippen LogP) is 2.49. The maximum atomic E-state index is 12.3. The number of benzene rings is 2. The summed E-state index contributed by atoms with van der Waals surface area (Å²) >= 11 is 0. The van der Waals surface area contributed by atoms with E-state index in [0.717, 1.165) is 11.1 Å². The van der Waals surface area contributed by atoms with Crippen LogP contribution in [0.5, 0.6) is 0 Å². The monoisotopic (exact) mass is 304 g/mol. The van der Waals surface area contributed by atoms with Crippen molar-refractivity contribution in [3.05, 3.63) is 59.7 Å². The van der Waals surface area contributed by atoms with Crippen molar-refractivity contribution in [2.24, 2.45) is 0 Å². The average Bonchev–Trinajstić information content (AvgIpc) is 2.41. The minimum atomic E-state index is -3.60. The molecule has 0 heterocycles. The van der Waals surface area contributed by atoms with Crippen LogP contribution in [0.3, 0.4) is 0 Å². The van der Waals surface area contributed by atoms with Crippen LogP contribution < -0.4 is 10.5 Å². The number of aryl methyl sites for hydroxylation is 1. The van der Waals surface area contributed by atoms with Crippen molar-refractivity contribution in [1.82, 2.24) is 4.72 Å². The molecule has 0 aliphatic carbocycles. The Labute approximate surface area is 126 Å². The SMILES string of the molecule is Cc1ccccc1CC(C)NS(=O)(=O)c1ccccc1N. The molecule has 0 aliphatic heterocycles. The summed E-state index contributed by atoms with van der Waals surface area (Å²) in [5.74, 6) is 0. The Morgan fingerprint density at radius 2 is 1.71 bits per heavy atom. The lowest BCUT2D eigenvalue weighted by atomic mass is 10.0. The van der Waals surface area contributed by atoms with Crippen molar-refractivity contribution in [2.75, 3.05) is 5.73 Å². The van der Waals surface area contributed by atoms with Crippen LogP contribution in [-0.2, 0) is 16.4 Å². The smallest absolute Gasteiger partial charge is 0.242 e. The van der Waals surface area contributed by atoms with Gasteiger partial charge in [0.05, 0.1) is 5.69 Å². The fourth-order valence-corrected chi connectivity index (χ4v) is 3.64. The topological polar surface area (TPSA) is 72.2 Å². The third kappa shape index (κ3) is 3.83. The van der Waals surface area contributed by atoms with E-state index in [1.54, 1.807) is 18.2 Å². The summed E-state index contributed by atoms with van der Waals surface area (Å²) in [5.41, 5.74) is 8.29. The lowest BCUT2D eigenvalue weighted by Crippen LogP contribution is -2.34. The Balaban J connectivity index is 2.14. The van der Waals surface area contributed by atoms with Gasteiger partial charge in [-0.25, -0.2) is 13.1 Å². The van der Waals surface area contributed by atoms with Crippen LogP contribution in [-0.4, -0.2) is 14.5 Å². The molecule has 5 heteroatoms. The second kappa shape index (κ2) is 6.28. The van der Waals surface area contributed by atoms with Crippen molar-refractivity contribution in [3.63, 3.8) is 0 Å². The fraction of sp³-hybridized carbons (Fsp3) is 0.250. The highest BCUT2D eigenvalue weighted by Gasteiger charge is 2.19. The number of para-hydroxylation sites is 1. The second-order valence-corrected chi connectivity index (χ2v) is 6.87. The molecule has 0 aliphatic rings. The van der Waals surface area contributed by atoms with Gasteiger partial charge in [0.25, 0.3) is 0 Å². The number of hydrogen-bond acceptors (Lipinski definition) is 3. The highest BCUT2D eigenvalue weighted by atomic mass is 32.2. The maximum Gasteiger partial charge on any atom is 0.242 e. The molecule has 0 fully saturated rings. The summed E-state index contributed by atoms with van der Waals surface area (Å²) in [6.45, 7) is 3.87. The normalized spacial score (nSPS) is 13.0. The third-order valence-electron chi connectivity index (χ3n) is 3.35. The van der Waals surface area contributed by atoms with Crippen molar-refractivity contribution >= 4 is 15.7 Å². The van der Waals surface area contributed by atoms with E-state index in [1.807, 2.05) is 38.1 Å². The molecule has 0 saturated carbocycles. The Kier molecular flexibility index (Phi) is 4.65. The molecule has 2 aromatic carbocycles. The van der Waals surface area contributed by atoms with Gasteiger partial charge in [-0.2, -0.15) is 0 Å². The van der Waals surface area contributed by atoms with E-state index in [-0.39, 0.29) is 16.6 Å². The van der Waals surface area contributed by atoms with Gasteiger partial charge in [-0.3, -0.25) is 0 Å². The number of nitrogens with two attached hydrogens (primary N) is 1. The number of rotatable bonds is 5. The van der Waals surface area contributed by atoms with Gasteiger partial charge in [-0.15, -0.1) is 0 Å².